The maximum absolute atomic E-state index is 10.8. The molecule has 27 heavy (non-hydrogen) atoms. The van der Waals surface area contributed by atoms with Crippen molar-refractivity contribution < 1.29 is 70.0 Å². The van der Waals surface area contributed by atoms with Crippen LogP contribution in [-0.4, -0.2) is 48.3 Å². The molecule has 0 bridgehead atoms. The summed E-state index contributed by atoms with van der Waals surface area (Å²) in [7, 11) is 0. The molecule has 0 saturated heterocycles. The molecule has 11 heteroatoms. The van der Waals surface area contributed by atoms with Gasteiger partial charge in [0, 0.05) is 21.7 Å². The standard InChI is InChI=1S/2C8H12O5.Ti/c2*1-3-12-13-8(11)5-7(10)4-6(2)9;/h2*3-5H2,1-2H3;. The molecule has 0 N–H and O–H groups in total. The molecule has 0 radical (unpaired) electrons. The van der Waals surface area contributed by atoms with Gasteiger partial charge in [0.1, 0.15) is 24.4 Å². The molecule has 0 spiro atoms. The van der Waals surface area contributed by atoms with Gasteiger partial charge in [-0.1, -0.05) is 0 Å². The summed E-state index contributed by atoms with van der Waals surface area (Å²) in [5, 5.41) is 0. The average Bonchev–Trinajstić information content (AvgIpc) is 2.49. The monoisotopic (exact) mass is 424 g/mol. The first-order valence-corrected chi connectivity index (χ1v) is 7.79. The molecular weight excluding hydrogens is 400 g/mol. The van der Waals surface area contributed by atoms with Gasteiger partial charge in [-0.05, 0) is 27.7 Å². The molecule has 0 aromatic rings. The number of Topliss-reactive ketones (excluding diaryl/α,β-unsaturated/α-hetero) is 4. The van der Waals surface area contributed by atoms with E-state index >= 15 is 0 Å². The Morgan fingerprint density at radius 2 is 0.889 bits per heavy atom. The van der Waals surface area contributed by atoms with Crippen LogP contribution >= 0.6 is 0 Å². The third-order valence-corrected chi connectivity index (χ3v) is 2.11. The van der Waals surface area contributed by atoms with Crippen LogP contribution in [0.5, 0.6) is 0 Å². The van der Waals surface area contributed by atoms with Gasteiger partial charge in [0.25, 0.3) is 0 Å². The van der Waals surface area contributed by atoms with Crippen LogP contribution in [0.3, 0.4) is 0 Å². The molecule has 0 fully saturated rings. The van der Waals surface area contributed by atoms with E-state index in [4.69, 9.17) is 0 Å². The van der Waals surface area contributed by atoms with Crippen molar-refractivity contribution in [1.82, 2.24) is 0 Å². The van der Waals surface area contributed by atoms with Gasteiger partial charge in [0.2, 0.25) is 0 Å². The quantitative estimate of drug-likeness (QED) is 0.192. The van der Waals surface area contributed by atoms with Crippen molar-refractivity contribution in [2.24, 2.45) is 0 Å². The fourth-order valence-electron chi connectivity index (χ4n) is 1.31. The first-order chi connectivity index (χ1) is 12.1. The second kappa shape index (κ2) is 19.0. The average molecular weight is 424 g/mol. The molecule has 0 aliphatic rings. The SMILES string of the molecule is CCOOC(=O)CC(=O)CC(C)=O.CCOOC(=O)CC(=O)CC(C)=O.[Ti]. The van der Waals surface area contributed by atoms with E-state index in [0.717, 1.165) is 0 Å². The van der Waals surface area contributed by atoms with Gasteiger partial charge >= 0.3 is 11.9 Å². The van der Waals surface area contributed by atoms with Gasteiger partial charge in [-0.25, -0.2) is 9.59 Å². The Morgan fingerprint density at radius 3 is 1.11 bits per heavy atom. The summed E-state index contributed by atoms with van der Waals surface area (Å²) in [6.07, 6.45) is -1.30. The Kier molecular flexibility index (Phi) is 21.1. The number of carbonyl (C=O) groups is 6. The van der Waals surface area contributed by atoms with Gasteiger partial charge < -0.3 is 0 Å². The predicted molar refractivity (Wildman–Crippen MR) is 85.3 cm³/mol. The van der Waals surface area contributed by atoms with Gasteiger partial charge in [0.05, 0.1) is 26.1 Å². The van der Waals surface area contributed by atoms with E-state index in [2.05, 4.69) is 19.6 Å². The maximum Gasteiger partial charge on any atom is 0.349 e. The van der Waals surface area contributed by atoms with Gasteiger partial charge in [-0.15, -0.1) is 0 Å². The van der Waals surface area contributed by atoms with Crippen molar-refractivity contribution in [3.8, 4) is 0 Å². The van der Waals surface area contributed by atoms with E-state index in [-0.39, 0.29) is 59.3 Å². The summed E-state index contributed by atoms with van der Waals surface area (Å²) in [4.78, 5) is 81.0. The summed E-state index contributed by atoms with van der Waals surface area (Å²) in [5.41, 5.74) is 0. The van der Waals surface area contributed by atoms with Crippen LogP contribution in [0.2, 0.25) is 0 Å². The van der Waals surface area contributed by atoms with Crippen LogP contribution in [0.1, 0.15) is 53.4 Å². The molecule has 0 unspecified atom stereocenters. The van der Waals surface area contributed by atoms with E-state index in [1.807, 2.05) is 0 Å². The second-order valence-electron chi connectivity index (χ2n) is 4.91. The minimum absolute atomic E-state index is 0. The van der Waals surface area contributed by atoms with Crippen LogP contribution in [0.4, 0.5) is 0 Å². The van der Waals surface area contributed by atoms with E-state index in [9.17, 15) is 28.8 Å². The Labute approximate surface area is 172 Å². The third kappa shape index (κ3) is 24.3. The van der Waals surface area contributed by atoms with Gasteiger partial charge in [0.15, 0.2) is 11.6 Å². The smallest absolute Gasteiger partial charge is 0.300 e. The number of carbonyl (C=O) groups excluding carboxylic acids is 6. The van der Waals surface area contributed by atoms with Crippen molar-refractivity contribution >= 4 is 35.1 Å². The molecule has 10 nitrogen and oxygen atoms in total. The fraction of sp³-hybridized carbons (Fsp3) is 0.625. The number of ketones is 4. The van der Waals surface area contributed by atoms with Crippen molar-refractivity contribution in [2.45, 2.75) is 53.4 Å². The molecule has 0 heterocycles. The number of rotatable bonds is 12. The molecule has 0 rings (SSSR count). The molecule has 0 aromatic carbocycles. The zero-order valence-corrected chi connectivity index (χ0v) is 17.4. The molecule has 0 saturated carbocycles. The predicted octanol–water partition coefficient (Wildman–Crippen LogP) is 0.836. The van der Waals surface area contributed by atoms with Crippen molar-refractivity contribution in [2.75, 3.05) is 13.2 Å². The molecule has 0 aliphatic carbocycles. The molecule has 152 valence electrons. The first-order valence-electron chi connectivity index (χ1n) is 7.79. The van der Waals surface area contributed by atoms with Crippen molar-refractivity contribution in [3.63, 3.8) is 0 Å². The summed E-state index contributed by atoms with van der Waals surface area (Å²) >= 11 is 0. The topological polar surface area (TPSA) is 139 Å². The van der Waals surface area contributed by atoms with Gasteiger partial charge in [-0.3, -0.25) is 29.0 Å². The third-order valence-electron chi connectivity index (χ3n) is 2.11. The normalized spacial score (nSPS) is 9.04. The Morgan fingerprint density at radius 1 is 0.593 bits per heavy atom. The Bertz CT molecular complexity index is 469. The first kappa shape index (κ1) is 30.0. The summed E-state index contributed by atoms with van der Waals surface area (Å²) in [6.45, 7) is 6.31. The van der Waals surface area contributed by atoms with E-state index in [1.54, 1.807) is 13.8 Å². The van der Waals surface area contributed by atoms with Crippen molar-refractivity contribution in [1.29, 1.82) is 0 Å². The van der Waals surface area contributed by atoms with Crippen molar-refractivity contribution in [3.05, 3.63) is 0 Å². The van der Waals surface area contributed by atoms with Crippen LogP contribution in [0.15, 0.2) is 0 Å². The minimum atomic E-state index is -0.770. The second-order valence-corrected chi connectivity index (χ2v) is 4.91. The van der Waals surface area contributed by atoms with E-state index < -0.39 is 36.3 Å². The molecule has 0 aliphatic heterocycles. The summed E-state index contributed by atoms with van der Waals surface area (Å²) in [6, 6.07) is 0. The molecule has 0 aromatic heterocycles. The maximum atomic E-state index is 10.8. The van der Waals surface area contributed by atoms with Crippen LogP contribution < -0.4 is 0 Å². The molecule has 0 amide bonds. The summed E-state index contributed by atoms with van der Waals surface area (Å²) in [5.74, 6) is -3.00. The molecular formula is C16H24O10Ti. The largest absolute Gasteiger partial charge is 0.349 e. The van der Waals surface area contributed by atoms with Crippen LogP contribution in [-0.2, 0) is 70.0 Å². The van der Waals surface area contributed by atoms with Gasteiger partial charge in [-0.2, -0.15) is 9.78 Å². The van der Waals surface area contributed by atoms with Crippen LogP contribution in [0, 0.1) is 0 Å². The fourth-order valence-corrected chi connectivity index (χ4v) is 1.31. The van der Waals surface area contributed by atoms with E-state index in [0.29, 0.717) is 0 Å². The minimum Gasteiger partial charge on any atom is -0.300 e. The van der Waals surface area contributed by atoms with E-state index in [1.165, 1.54) is 13.8 Å². The Balaban J connectivity index is -0.000000411. The Hall–Kier alpha value is -1.75. The summed E-state index contributed by atoms with van der Waals surface area (Å²) < 4.78 is 0. The zero-order chi connectivity index (χ0) is 20.5. The zero-order valence-electron chi connectivity index (χ0n) is 15.8. The number of hydrogen-bond acceptors (Lipinski definition) is 10. The number of hydrogen-bond donors (Lipinski definition) is 0. The van der Waals surface area contributed by atoms with Crippen LogP contribution in [0.25, 0.3) is 0 Å². The molecule has 0 atom stereocenters.